The molecule has 0 amide bonds. The number of nitrogens with two attached hydrogens (primary N) is 1. The second-order valence-corrected chi connectivity index (χ2v) is 7.47. The highest BCUT2D eigenvalue weighted by Gasteiger charge is 2.35. The highest BCUT2D eigenvalue weighted by Crippen LogP contribution is 2.52. The minimum atomic E-state index is -0.480. The minimum Gasteiger partial charge on any atom is -0.493 e. The number of nitriles is 1. The van der Waals surface area contributed by atoms with Gasteiger partial charge in [-0.2, -0.15) is 5.26 Å². The Morgan fingerprint density at radius 1 is 1.00 bits per heavy atom. The molecule has 3 aromatic carbocycles. The molecule has 0 bridgehead atoms. The molecular formula is C23H19BrN2O4. The average molecular weight is 467 g/mol. The maximum Gasteiger partial charge on any atom is 0.205 e. The zero-order valence-corrected chi connectivity index (χ0v) is 18.2. The molecule has 0 spiro atoms. The molecule has 4 rings (SSSR count). The predicted molar refractivity (Wildman–Crippen MR) is 117 cm³/mol. The van der Waals surface area contributed by atoms with Gasteiger partial charge in [-0.25, -0.2) is 0 Å². The van der Waals surface area contributed by atoms with Gasteiger partial charge in [-0.15, -0.1) is 0 Å². The topological polar surface area (TPSA) is 86.7 Å². The molecule has 1 aliphatic heterocycles. The summed E-state index contributed by atoms with van der Waals surface area (Å²) >= 11 is 3.64. The fourth-order valence-corrected chi connectivity index (χ4v) is 4.54. The van der Waals surface area contributed by atoms with Gasteiger partial charge < -0.3 is 24.7 Å². The number of methoxy groups -OCH3 is 3. The van der Waals surface area contributed by atoms with E-state index in [9.17, 15) is 5.26 Å². The Kier molecular flexibility index (Phi) is 5.18. The van der Waals surface area contributed by atoms with Crippen LogP contribution >= 0.6 is 15.9 Å². The fourth-order valence-electron chi connectivity index (χ4n) is 3.86. The van der Waals surface area contributed by atoms with E-state index in [0.29, 0.717) is 33.0 Å². The van der Waals surface area contributed by atoms with Gasteiger partial charge in [-0.3, -0.25) is 0 Å². The number of hydrogen-bond donors (Lipinski definition) is 1. The van der Waals surface area contributed by atoms with E-state index < -0.39 is 5.92 Å². The lowest BCUT2D eigenvalue weighted by Gasteiger charge is -2.29. The van der Waals surface area contributed by atoms with E-state index in [-0.39, 0.29) is 5.88 Å². The monoisotopic (exact) mass is 466 g/mol. The van der Waals surface area contributed by atoms with Crippen LogP contribution in [0.5, 0.6) is 23.0 Å². The third kappa shape index (κ3) is 2.92. The summed E-state index contributed by atoms with van der Waals surface area (Å²) in [5, 5.41) is 11.8. The lowest BCUT2D eigenvalue weighted by atomic mass is 9.82. The zero-order valence-electron chi connectivity index (χ0n) is 16.7. The molecule has 1 aliphatic rings. The summed E-state index contributed by atoms with van der Waals surface area (Å²) in [5.74, 6) is 1.64. The van der Waals surface area contributed by atoms with Gasteiger partial charge in [0, 0.05) is 10.9 Å². The Morgan fingerprint density at radius 2 is 1.73 bits per heavy atom. The molecule has 6 nitrogen and oxygen atoms in total. The number of rotatable bonds is 4. The largest absolute Gasteiger partial charge is 0.493 e. The first kappa shape index (κ1) is 19.9. The van der Waals surface area contributed by atoms with E-state index in [1.54, 1.807) is 21.3 Å². The van der Waals surface area contributed by atoms with Crippen LogP contribution in [0.4, 0.5) is 0 Å². The van der Waals surface area contributed by atoms with E-state index in [4.69, 9.17) is 24.7 Å². The molecule has 0 saturated carbocycles. The lowest BCUT2D eigenvalue weighted by molar-refractivity contribution is 0.322. The highest BCUT2D eigenvalue weighted by atomic mass is 79.9. The van der Waals surface area contributed by atoms with Crippen LogP contribution in [0.15, 0.2) is 58.4 Å². The second kappa shape index (κ2) is 7.81. The van der Waals surface area contributed by atoms with Crippen molar-refractivity contribution >= 4 is 26.7 Å². The number of ether oxygens (including phenoxy) is 4. The van der Waals surface area contributed by atoms with Gasteiger partial charge in [-0.1, -0.05) is 36.4 Å². The van der Waals surface area contributed by atoms with Gasteiger partial charge in [0.1, 0.15) is 17.4 Å². The summed E-state index contributed by atoms with van der Waals surface area (Å²) in [4.78, 5) is 0. The molecular weight excluding hydrogens is 448 g/mol. The van der Waals surface area contributed by atoms with Crippen molar-refractivity contribution in [3.05, 3.63) is 69.5 Å². The Bertz CT molecular complexity index is 1230. The molecule has 7 heteroatoms. The van der Waals surface area contributed by atoms with Crippen LogP contribution < -0.4 is 24.7 Å². The van der Waals surface area contributed by atoms with Gasteiger partial charge in [0.15, 0.2) is 11.5 Å². The molecule has 30 heavy (non-hydrogen) atoms. The summed E-state index contributed by atoms with van der Waals surface area (Å²) in [6.45, 7) is 0. The first-order valence-electron chi connectivity index (χ1n) is 9.13. The lowest BCUT2D eigenvalue weighted by Crippen LogP contribution is -2.21. The summed E-state index contributed by atoms with van der Waals surface area (Å²) in [6, 6.07) is 15.9. The maximum atomic E-state index is 9.91. The SMILES string of the molecule is COc1cc(C2C(C#N)=C(N)Oc3c2ccc2ccccc32)c(Br)c(OC)c1OC. The molecule has 3 aromatic rings. The van der Waals surface area contributed by atoms with E-state index in [1.807, 2.05) is 42.5 Å². The number of hydrogen-bond acceptors (Lipinski definition) is 6. The standard InChI is InChI=1S/C23H19BrN2O4/c1-27-17-10-15(19(24)22(29-3)21(17)28-2)18-14-9-8-12-6-4-5-7-13(12)20(14)30-23(26)16(18)11-25/h4-10,18H,26H2,1-3H3. The molecule has 1 atom stereocenters. The molecule has 152 valence electrons. The van der Waals surface area contributed by atoms with E-state index in [1.165, 1.54) is 0 Å². The van der Waals surface area contributed by atoms with Gasteiger partial charge in [0.05, 0.1) is 31.7 Å². The van der Waals surface area contributed by atoms with Crippen LogP contribution in [-0.4, -0.2) is 21.3 Å². The number of nitrogens with zero attached hydrogens (tertiary/aromatic N) is 1. The highest BCUT2D eigenvalue weighted by molar-refractivity contribution is 9.10. The molecule has 1 unspecified atom stereocenters. The smallest absolute Gasteiger partial charge is 0.205 e. The summed E-state index contributed by atoms with van der Waals surface area (Å²) < 4.78 is 23.2. The van der Waals surface area contributed by atoms with Gasteiger partial charge >= 0.3 is 0 Å². The van der Waals surface area contributed by atoms with Crippen molar-refractivity contribution in [1.29, 1.82) is 5.26 Å². The number of halogens is 1. The maximum absolute atomic E-state index is 9.91. The quantitative estimate of drug-likeness (QED) is 0.591. The number of allylic oxidation sites excluding steroid dienone is 1. The summed E-state index contributed by atoms with van der Waals surface area (Å²) in [5.41, 5.74) is 8.10. The first-order chi connectivity index (χ1) is 14.5. The number of fused-ring (bicyclic) bond motifs is 3. The molecule has 0 aromatic heterocycles. The van der Waals surface area contributed by atoms with Crippen molar-refractivity contribution in [2.24, 2.45) is 5.73 Å². The third-order valence-electron chi connectivity index (χ3n) is 5.22. The van der Waals surface area contributed by atoms with E-state index in [0.717, 1.165) is 21.9 Å². The Morgan fingerprint density at radius 3 is 2.40 bits per heavy atom. The van der Waals surface area contributed by atoms with Crippen LogP contribution in [0.2, 0.25) is 0 Å². The van der Waals surface area contributed by atoms with Crippen molar-refractivity contribution < 1.29 is 18.9 Å². The Labute approximate surface area is 182 Å². The molecule has 1 heterocycles. The number of benzene rings is 3. The average Bonchev–Trinajstić information content (AvgIpc) is 2.77. The van der Waals surface area contributed by atoms with Crippen molar-refractivity contribution in [2.45, 2.75) is 5.92 Å². The van der Waals surface area contributed by atoms with Gasteiger partial charge in [-0.05, 0) is 32.9 Å². The second-order valence-electron chi connectivity index (χ2n) is 6.68. The molecule has 0 aliphatic carbocycles. The van der Waals surface area contributed by atoms with Crippen LogP contribution in [0.25, 0.3) is 10.8 Å². The van der Waals surface area contributed by atoms with Gasteiger partial charge in [0.25, 0.3) is 0 Å². The van der Waals surface area contributed by atoms with Gasteiger partial charge in [0.2, 0.25) is 11.6 Å². The summed E-state index contributed by atoms with van der Waals surface area (Å²) in [7, 11) is 4.64. The van der Waals surface area contributed by atoms with Crippen molar-refractivity contribution in [3.8, 4) is 29.1 Å². The normalized spacial score (nSPS) is 15.2. The van der Waals surface area contributed by atoms with E-state index in [2.05, 4.69) is 22.0 Å². The first-order valence-corrected chi connectivity index (χ1v) is 9.92. The minimum absolute atomic E-state index is 0.0759. The molecule has 0 radical (unpaired) electrons. The van der Waals surface area contributed by atoms with Crippen LogP contribution in [0.3, 0.4) is 0 Å². The van der Waals surface area contributed by atoms with Crippen molar-refractivity contribution in [1.82, 2.24) is 0 Å². The fraction of sp³-hybridized carbons (Fsp3) is 0.174. The van der Waals surface area contributed by atoms with Crippen LogP contribution in [-0.2, 0) is 0 Å². The summed E-state index contributed by atoms with van der Waals surface area (Å²) in [6.07, 6.45) is 0. The predicted octanol–water partition coefficient (Wildman–Crippen LogP) is 4.85. The third-order valence-corrected chi connectivity index (χ3v) is 6.03. The Hall–Kier alpha value is -3.37. The van der Waals surface area contributed by atoms with Crippen molar-refractivity contribution in [3.63, 3.8) is 0 Å². The molecule has 2 N–H and O–H groups in total. The van der Waals surface area contributed by atoms with Crippen LogP contribution in [0, 0.1) is 11.3 Å². The molecule has 0 fully saturated rings. The van der Waals surface area contributed by atoms with Crippen molar-refractivity contribution in [2.75, 3.05) is 21.3 Å². The van der Waals surface area contributed by atoms with E-state index >= 15 is 0 Å². The van der Waals surface area contributed by atoms with Crippen LogP contribution in [0.1, 0.15) is 17.0 Å². The zero-order chi connectivity index (χ0) is 21.4. The Balaban J connectivity index is 2.06. The molecule has 0 saturated heterocycles.